The first-order valence-corrected chi connectivity index (χ1v) is 7.86. The third kappa shape index (κ3) is 4.34. The first-order valence-electron chi connectivity index (χ1n) is 6.21. The number of aromatic nitrogens is 1. The van der Waals surface area contributed by atoms with Crippen molar-refractivity contribution in [3.8, 4) is 11.8 Å². The summed E-state index contributed by atoms with van der Waals surface area (Å²) in [6.07, 6.45) is 0. The molecule has 1 heterocycles. The highest BCUT2D eigenvalue weighted by molar-refractivity contribution is 7.91. The number of hydrogen-bond donors (Lipinski definition) is 2. The molecule has 0 aliphatic carbocycles. The Morgan fingerprint density at radius 3 is 2.81 bits per heavy atom. The van der Waals surface area contributed by atoms with E-state index in [0.29, 0.717) is 22.7 Å². The fourth-order valence-corrected chi connectivity index (χ4v) is 2.82. The van der Waals surface area contributed by atoms with E-state index in [4.69, 9.17) is 10.3 Å². The maximum atomic E-state index is 12.1. The van der Waals surface area contributed by atoms with Crippen molar-refractivity contribution in [1.82, 2.24) is 5.16 Å². The minimum atomic E-state index is -3.59. The van der Waals surface area contributed by atoms with E-state index in [0.717, 1.165) is 0 Å². The zero-order valence-corrected chi connectivity index (χ0v) is 12.3. The normalized spacial score (nSPS) is 10.8. The van der Waals surface area contributed by atoms with Gasteiger partial charge in [0.05, 0.1) is 12.2 Å². The smallest absolute Gasteiger partial charge is 0.238 e. The molecule has 0 saturated heterocycles. The zero-order chi connectivity index (χ0) is 15.3. The Morgan fingerprint density at radius 1 is 1.38 bits per heavy atom. The van der Waals surface area contributed by atoms with Crippen molar-refractivity contribution in [3.63, 3.8) is 0 Å². The topological polar surface area (TPSA) is 98.2 Å². The highest BCUT2D eigenvalue weighted by Gasteiger charge is 2.15. The minimum Gasteiger partial charge on any atom is -0.361 e. The zero-order valence-electron chi connectivity index (χ0n) is 11.5. The lowest BCUT2D eigenvalue weighted by Gasteiger charge is -2.08. The summed E-state index contributed by atoms with van der Waals surface area (Å²) in [5.74, 6) is 5.83. The number of rotatable bonds is 4. The monoisotopic (exact) mass is 305 g/mol. The minimum absolute atomic E-state index is 0.208. The largest absolute Gasteiger partial charge is 0.361 e. The average molecular weight is 305 g/mol. The second-order valence-corrected chi connectivity index (χ2v) is 6.06. The quantitative estimate of drug-likeness (QED) is 0.828. The van der Waals surface area contributed by atoms with Crippen molar-refractivity contribution in [1.29, 1.82) is 0 Å². The molecule has 0 amide bonds. The molecule has 110 valence electrons. The van der Waals surface area contributed by atoms with Gasteiger partial charge in [-0.05, 0) is 19.1 Å². The number of anilines is 1. The molecule has 6 nitrogen and oxygen atoms in total. The molecule has 0 unspecified atom stereocenters. The Labute approximate surface area is 123 Å². The predicted molar refractivity (Wildman–Crippen MR) is 79.9 cm³/mol. The lowest BCUT2D eigenvalue weighted by Crippen LogP contribution is -2.16. The highest BCUT2D eigenvalue weighted by atomic mass is 32.2. The van der Waals surface area contributed by atoms with Crippen molar-refractivity contribution >= 4 is 15.7 Å². The number of benzene rings is 1. The van der Waals surface area contributed by atoms with Crippen LogP contribution in [0, 0.1) is 18.8 Å². The van der Waals surface area contributed by atoms with Crippen molar-refractivity contribution in [2.75, 3.05) is 11.3 Å². The first-order chi connectivity index (χ1) is 10.00. The number of aryl methyl sites for hydroxylation is 1. The second-order valence-electron chi connectivity index (χ2n) is 4.34. The summed E-state index contributed by atoms with van der Waals surface area (Å²) in [6.45, 7) is 1.91. The molecule has 0 spiro atoms. The summed E-state index contributed by atoms with van der Waals surface area (Å²) in [4.78, 5) is 0. The first kappa shape index (κ1) is 15.1. The van der Waals surface area contributed by atoms with Crippen LogP contribution in [0.25, 0.3) is 0 Å². The van der Waals surface area contributed by atoms with E-state index in [1.54, 1.807) is 37.3 Å². The molecule has 0 radical (unpaired) electrons. The van der Waals surface area contributed by atoms with Gasteiger partial charge in [-0.3, -0.25) is 4.72 Å². The maximum absolute atomic E-state index is 12.1. The van der Waals surface area contributed by atoms with Gasteiger partial charge in [0.15, 0.2) is 0 Å². The third-order valence-electron chi connectivity index (χ3n) is 2.53. The van der Waals surface area contributed by atoms with Crippen LogP contribution in [-0.2, 0) is 15.8 Å². The Balaban J connectivity index is 2.20. The molecule has 0 fully saturated rings. The van der Waals surface area contributed by atoms with Gasteiger partial charge in [-0.2, -0.15) is 0 Å². The Bertz CT molecular complexity index is 785. The lowest BCUT2D eigenvalue weighted by atomic mass is 10.2. The molecule has 0 saturated carbocycles. The molecule has 0 aliphatic heterocycles. The summed E-state index contributed by atoms with van der Waals surface area (Å²) in [6, 6.07) is 8.46. The summed E-state index contributed by atoms with van der Waals surface area (Å²) >= 11 is 0. The SMILES string of the molecule is Cc1cc(CS(=O)(=O)Nc2ccccc2C#CCN)no1. The fourth-order valence-electron chi connectivity index (χ4n) is 1.71. The summed E-state index contributed by atoms with van der Waals surface area (Å²) < 4.78 is 31.6. The lowest BCUT2D eigenvalue weighted by molar-refractivity contribution is 0.392. The van der Waals surface area contributed by atoms with Gasteiger partial charge in [0.25, 0.3) is 0 Å². The molecule has 0 atom stereocenters. The van der Waals surface area contributed by atoms with Gasteiger partial charge in [0.1, 0.15) is 17.2 Å². The van der Waals surface area contributed by atoms with Crippen molar-refractivity contribution in [3.05, 3.63) is 47.3 Å². The Hall–Kier alpha value is -2.30. The molecular weight excluding hydrogens is 290 g/mol. The molecule has 1 aromatic carbocycles. The van der Waals surface area contributed by atoms with E-state index >= 15 is 0 Å². The number of nitrogens with one attached hydrogen (secondary N) is 1. The molecule has 0 aliphatic rings. The summed E-state index contributed by atoms with van der Waals surface area (Å²) in [5.41, 5.74) is 6.67. The number of hydrogen-bond acceptors (Lipinski definition) is 5. The maximum Gasteiger partial charge on any atom is 0.238 e. The van der Waals surface area contributed by atoms with Crippen LogP contribution in [0.5, 0.6) is 0 Å². The number of nitrogens with two attached hydrogens (primary N) is 1. The summed E-state index contributed by atoms with van der Waals surface area (Å²) in [7, 11) is -3.59. The van der Waals surface area contributed by atoms with E-state index in [1.165, 1.54) is 0 Å². The molecular formula is C14H15N3O3S. The standard InChI is InChI=1S/C14H15N3O3S/c1-11-9-13(16-20-11)10-21(18,19)17-14-7-3-2-5-12(14)6-4-8-15/h2-3,5,7,9,17H,8,10,15H2,1H3. The second kappa shape index (κ2) is 6.43. The van der Waals surface area contributed by atoms with Crippen LogP contribution in [-0.4, -0.2) is 20.1 Å². The van der Waals surface area contributed by atoms with Gasteiger partial charge < -0.3 is 10.3 Å². The average Bonchev–Trinajstić information content (AvgIpc) is 2.82. The molecule has 3 N–H and O–H groups in total. The number of nitrogens with zero attached hydrogens (tertiary/aromatic N) is 1. The fraction of sp³-hybridized carbons (Fsp3) is 0.214. The Morgan fingerprint density at radius 2 is 2.14 bits per heavy atom. The van der Waals surface area contributed by atoms with E-state index in [9.17, 15) is 8.42 Å². The Kier molecular flexibility index (Phi) is 4.62. The van der Waals surface area contributed by atoms with Gasteiger partial charge in [-0.15, -0.1) is 0 Å². The van der Waals surface area contributed by atoms with Crippen molar-refractivity contribution < 1.29 is 12.9 Å². The molecule has 2 aromatic rings. The van der Waals surface area contributed by atoms with Gasteiger partial charge >= 0.3 is 0 Å². The van der Waals surface area contributed by atoms with Crippen LogP contribution in [0.15, 0.2) is 34.9 Å². The van der Waals surface area contributed by atoms with Crippen LogP contribution >= 0.6 is 0 Å². The van der Waals surface area contributed by atoms with Crippen LogP contribution < -0.4 is 10.5 Å². The van der Waals surface area contributed by atoms with Crippen molar-refractivity contribution in [2.45, 2.75) is 12.7 Å². The van der Waals surface area contributed by atoms with Crippen LogP contribution in [0.4, 0.5) is 5.69 Å². The van der Waals surface area contributed by atoms with Gasteiger partial charge in [-0.25, -0.2) is 8.42 Å². The van der Waals surface area contributed by atoms with Crippen molar-refractivity contribution in [2.24, 2.45) is 5.73 Å². The van der Waals surface area contributed by atoms with E-state index < -0.39 is 10.0 Å². The predicted octanol–water partition coefficient (Wildman–Crippen LogP) is 1.24. The van der Waals surface area contributed by atoms with E-state index in [-0.39, 0.29) is 12.3 Å². The van der Waals surface area contributed by atoms with Gasteiger partial charge in [0.2, 0.25) is 10.0 Å². The number of para-hydroxylation sites is 1. The van der Waals surface area contributed by atoms with E-state index in [1.807, 2.05) is 0 Å². The number of sulfonamides is 1. The summed E-state index contributed by atoms with van der Waals surface area (Å²) in [5, 5.41) is 3.68. The molecule has 1 aromatic heterocycles. The van der Waals surface area contributed by atoms with Crippen LogP contribution in [0.2, 0.25) is 0 Å². The molecule has 0 bridgehead atoms. The highest BCUT2D eigenvalue weighted by Crippen LogP contribution is 2.17. The molecule has 2 rings (SSSR count). The molecule has 21 heavy (non-hydrogen) atoms. The van der Waals surface area contributed by atoms with Gasteiger partial charge in [0, 0.05) is 11.6 Å². The molecule has 7 heteroatoms. The van der Waals surface area contributed by atoms with Gasteiger partial charge in [-0.1, -0.05) is 29.1 Å². The third-order valence-corrected chi connectivity index (χ3v) is 3.74. The van der Waals surface area contributed by atoms with Crippen LogP contribution in [0.1, 0.15) is 17.0 Å². The van der Waals surface area contributed by atoms with Crippen LogP contribution in [0.3, 0.4) is 0 Å². The van der Waals surface area contributed by atoms with E-state index in [2.05, 4.69) is 21.7 Å².